The van der Waals surface area contributed by atoms with E-state index < -0.39 is 11.9 Å². The van der Waals surface area contributed by atoms with E-state index in [0.717, 1.165) is 0 Å². The van der Waals surface area contributed by atoms with Crippen molar-refractivity contribution < 1.29 is 19.8 Å². The number of carbonyl (C=O) groups excluding carboxylic acids is 1. The number of carboxylic acid groups (broad SMARTS) is 1. The Morgan fingerprint density at radius 2 is 1.75 bits per heavy atom. The van der Waals surface area contributed by atoms with Crippen molar-refractivity contribution in [2.45, 2.75) is 0 Å². The first-order valence-corrected chi connectivity index (χ1v) is 5.99. The molecule has 1 amide bonds. The van der Waals surface area contributed by atoms with Crippen LogP contribution in [0.3, 0.4) is 0 Å². The first kappa shape index (κ1) is 13.9. The summed E-state index contributed by atoms with van der Waals surface area (Å²) in [5.74, 6) is -2.06. The molecule has 0 atom stereocenters. The van der Waals surface area contributed by atoms with Crippen molar-refractivity contribution in [2.24, 2.45) is 0 Å². The molecule has 0 aliphatic heterocycles. The predicted octanol–water partition coefficient (Wildman–Crippen LogP) is 3.00. The van der Waals surface area contributed by atoms with Gasteiger partial charge in [-0.25, -0.2) is 4.79 Å². The number of anilines is 1. The van der Waals surface area contributed by atoms with Crippen LogP contribution in [-0.4, -0.2) is 22.1 Å². The number of amides is 1. The SMILES string of the molecule is O=C(Nc1cccc(Cl)c1C(=O)O)c1ccccc1O. The van der Waals surface area contributed by atoms with E-state index in [0.29, 0.717) is 0 Å². The van der Waals surface area contributed by atoms with Crippen molar-refractivity contribution in [2.75, 3.05) is 5.32 Å². The van der Waals surface area contributed by atoms with Gasteiger partial charge in [0.05, 0.1) is 16.3 Å². The number of nitrogens with one attached hydrogen (secondary N) is 1. The molecule has 0 aliphatic carbocycles. The predicted molar refractivity (Wildman–Crippen MR) is 74.5 cm³/mol. The van der Waals surface area contributed by atoms with Gasteiger partial charge in [-0.15, -0.1) is 0 Å². The molecular weight excluding hydrogens is 282 g/mol. The van der Waals surface area contributed by atoms with Crippen LogP contribution in [0, 0.1) is 0 Å². The molecule has 102 valence electrons. The Kier molecular flexibility index (Phi) is 3.91. The highest BCUT2D eigenvalue weighted by atomic mass is 35.5. The number of carboxylic acids is 1. The maximum Gasteiger partial charge on any atom is 0.339 e. The summed E-state index contributed by atoms with van der Waals surface area (Å²) in [7, 11) is 0. The van der Waals surface area contributed by atoms with Gasteiger partial charge in [0.15, 0.2) is 0 Å². The van der Waals surface area contributed by atoms with Gasteiger partial charge in [-0.2, -0.15) is 0 Å². The number of phenolic OH excluding ortho intramolecular Hbond substituents is 1. The van der Waals surface area contributed by atoms with E-state index in [4.69, 9.17) is 16.7 Å². The maximum absolute atomic E-state index is 12.0. The average molecular weight is 292 g/mol. The van der Waals surface area contributed by atoms with Gasteiger partial charge in [0.2, 0.25) is 0 Å². The summed E-state index contributed by atoms with van der Waals surface area (Å²) in [5, 5.41) is 21.1. The Bertz CT molecular complexity index is 685. The summed E-state index contributed by atoms with van der Waals surface area (Å²) in [6, 6.07) is 10.3. The highest BCUT2D eigenvalue weighted by molar-refractivity contribution is 6.34. The van der Waals surface area contributed by atoms with Gasteiger partial charge in [-0.3, -0.25) is 4.79 Å². The molecule has 0 saturated heterocycles. The molecule has 0 unspecified atom stereocenters. The molecule has 20 heavy (non-hydrogen) atoms. The highest BCUT2D eigenvalue weighted by Crippen LogP contribution is 2.25. The zero-order valence-electron chi connectivity index (χ0n) is 10.1. The number of hydrogen-bond donors (Lipinski definition) is 3. The van der Waals surface area contributed by atoms with Crippen LogP contribution >= 0.6 is 11.6 Å². The molecule has 0 aromatic heterocycles. The standard InChI is InChI=1S/C14H10ClNO4/c15-9-5-3-6-10(12(9)14(19)20)16-13(18)8-4-1-2-7-11(8)17/h1-7,17H,(H,16,18)(H,19,20). The zero-order chi connectivity index (χ0) is 14.7. The van der Waals surface area contributed by atoms with Crippen molar-refractivity contribution in [3.8, 4) is 5.75 Å². The molecule has 0 bridgehead atoms. The largest absolute Gasteiger partial charge is 0.507 e. The summed E-state index contributed by atoms with van der Waals surface area (Å²) < 4.78 is 0. The molecule has 0 heterocycles. The van der Waals surface area contributed by atoms with Gasteiger partial charge < -0.3 is 15.5 Å². The van der Waals surface area contributed by atoms with Crippen LogP contribution in [0.25, 0.3) is 0 Å². The lowest BCUT2D eigenvalue weighted by molar-refractivity contribution is 0.0698. The third-order valence-corrected chi connectivity index (χ3v) is 2.94. The smallest absolute Gasteiger partial charge is 0.339 e. The quantitative estimate of drug-likeness (QED) is 0.811. The molecule has 6 heteroatoms. The summed E-state index contributed by atoms with van der Waals surface area (Å²) in [5.41, 5.74) is -0.0833. The number of benzene rings is 2. The number of halogens is 1. The van der Waals surface area contributed by atoms with Gasteiger partial charge in [0.25, 0.3) is 5.91 Å². The van der Waals surface area contributed by atoms with E-state index in [1.165, 1.54) is 30.3 Å². The van der Waals surface area contributed by atoms with Crippen molar-refractivity contribution in [3.05, 3.63) is 58.6 Å². The molecule has 0 saturated carbocycles. The molecule has 5 nitrogen and oxygen atoms in total. The lowest BCUT2D eigenvalue weighted by Gasteiger charge is -2.10. The number of phenols is 1. The van der Waals surface area contributed by atoms with Crippen LogP contribution in [0.1, 0.15) is 20.7 Å². The second-order valence-corrected chi connectivity index (χ2v) is 4.35. The second-order valence-electron chi connectivity index (χ2n) is 3.94. The van der Waals surface area contributed by atoms with Crippen LogP contribution < -0.4 is 5.32 Å². The Hall–Kier alpha value is -2.53. The van der Waals surface area contributed by atoms with Gasteiger partial charge in [-0.1, -0.05) is 29.8 Å². The fourth-order valence-electron chi connectivity index (χ4n) is 1.70. The van der Waals surface area contributed by atoms with E-state index in [9.17, 15) is 14.7 Å². The van der Waals surface area contributed by atoms with Crippen molar-refractivity contribution >= 4 is 29.2 Å². The van der Waals surface area contributed by atoms with Crippen molar-refractivity contribution in [1.29, 1.82) is 0 Å². The molecule has 0 fully saturated rings. The van der Waals surface area contributed by atoms with Crippen molar-refractivity contribution in [3.63, 3.8) is 0 Å². The lowest BCUT2D eigenvalue weighted by Crippen LogP contribution is -2.15. The number of aromatic carboxylic acids is 1. The van der Waals surface area contributed by atoms with E-state index >= 15 is 0 Å². The number of para-hydroxylation sites is 1. The number of hydrogen-bond acceptors (Lipinski definition) is 3. The van der Waals surface area contributed by atoms with E-state index in [1.807, 2.05) is 0 Å². The van der Waals surface area contributed by atoms with E-state index in [2.05, 4.69) is 5.32 Å². The Morgan fingerprint density at radius 3 is 2.40 bits per heavy atom. The van der Waals surface area contributed by atoms with Gasteiger partial charge in [0.1, 0.15) is 11.3 Å². The first-order valence-electron chi connectivity index (χ1n) is 5.62. The first-order chi connectivity index (χ1) is 9.50. The van der Waals surface area contributed by atoms with E-state index in [-0.39, 0.29) is 27.6 Å². The number of rotatable bonds is 3. The second kappa shape index (κ2) is 5.63. The molecule has 2 aromatic carbocycles. The van der Waals surface area contributed by atoms with E-state index in [1.54, 1.807) is 12.1 Å². The van der Waals surface area contributed by atoms with Crippen LogP contribution in [0.4, 0.5) is 5.69 Å². The Balaban J connectivity index is 2.36. The topological polar surface area (TPSA) is 86.6 Å². The summed E-state index contributed by atoms with van der Waals surface area (Å²) >= 11 is 5.80. The monoisotopic (exact) mass is 291 g/mol. The van der Waals surface area contributed by atoms with Crippen LogP contribution in [0.2, 0.25) is 5.02 Å². The molecule has 3 N–H and O–H groups in total. The number of aromatic hydroxyl groups is 1. The minimum Gasteiger partial charge on any atom is -0.507 e. The summed E-state index contributed by atoms with van der Waals surface area (Å²) in [6.07, 6.45) is 0. The molecule has 2 rings (SSSR count). The lowest BCUT2D eigenvalue weighted by atomic mass is 10.1. The van der Waals surface area contributed by atoms with Crippen molar-refractivity contribution in [1.82, 2.24) is 0 Å². The third kappa shape index (κ3) is 2.73. The van der Waals surface area contributed by atoms with Crippen LogP contribution in [0.5, 0.6) is 5.75 Å². The van der Waals surface area contributed by atoms with Crippen LogP contribution in [-0.2, 0) is 0 Å². The van der Waals surface area contributed by atoms with Gasteiger partial charge >= 0.3 is 5.97 Å². The Morgan fingerprint density at radius 1 is 1.05 bits per heavy atom. The van der Waals surface area contributed by atoms with Gasteiger partial charge in [-0.05, 0) is 24.3 Å². The Labute approximate surface area is 119 Å². The molecular formula is C14H10ClNO4. The average Bonchev–Trinajstić information content (AvgIpc) is 2.38. The fraction of sp³-hybridized carbons (Fsp3) is 0. The fourth-order valence-corrected chi connectivity index (χ4v) is 1.96. The maximum atomic E-state index is 12.0. The summed E-state index contributed by atoms with van der Waals surface area (Å²) in [4.78, 5) is 23.2. The normalized spacial score (nSPS) is 10.1. The molecule has 0 aliphatic rings. The minimum atomic E-state index is -1.25. The minimum absolute atomic E-state index is 0.0209. The zero-order valence-corrected chi connectivity index (χ0v) is 10.9. The molecule has 0 spiro atoms. The third-order valence-electron chi connectivity index (χ3n) is 2.62. The highest BCUT2D eigenvalue weighted by Gasteiger charge is 2.17. The van der Waals surface area contributed by atoms with Crippen LogP contribution in [0.15, 0.2) is 42.5 Å². The number of carbonyl (C=O) groups is 2. The molecule has 0 radical (unpaired) electrons. The van der Waals surface area contributed by atoms with Gasteiger partial charge in [0, 0.05) is 0 Å². The molecule has 2 aromatic rings. The summed E-state index contributed by atoms with van der Waals surface area (Å²) in [6.45, 7) is 0.